The third-order valence-corrected chi connectivity index (χ3v) is 5.72. The molecular weight excluding hydrogens is 520 g/mol. The molecule has 0 aliphatic rings. The molecule has 10 heteroatoms. The normalized spacial score (nSPS) is 11.9. The van der Waals surface area contributed by atoms with E-state index in [-0.39, 0.29) is 38.5 Å². The first-order valence-corrected chi connectivity index (χ1v) is 11.0. The molecule has 0 fully saturated rings. The van der Waals surface area contributed by atoms with E-state index in [1.54, 1.807) is 0 Å². The van der Waals surface area contributed by atoms with Gasteiger partial charge in [-0.05, 0) is 70.8 Å². The Bertz CT molecular complexity index is 1400. The Morgan fingerprint density at radius 2 is 1.19 bits per heavy atom. The van der Waals surface area contributed by atoms with Gasteiger partial charge in [0.25, 0.3) is 5.91 Å². The highest BCUT2D eigenvalue weighted by Crippen LogP contribution is 2.42. The van der Waals surface area contributed by atoms with Gasteiger partial charge in [-0.15, -0.1) is 0 Å². The summed E-state index contributed by atoms with van der Waals surface area (Å²) in [5.41, 5.74) is -3.05. The minimum absolute atomic E-state index is 0.0759. The molecule has 0 radical (unpaired) electrons. The van der Waals surface area contributed by atoms with Crippen molar-refractivity contribution in [1.82, 2.24) is 0 Å². The number of halogens is 7. The zero-order valence-electron chi connectivity index (χ0n) is 18.6. The summed E-state index contributed by atoms with van der Waals surface area (Å²) < 4.78 is 82.4. The van der Waals surface area contributed by atoms with Gasteiger partial charge in [-0.25, -0.2) is 0 Å². The van der Waals surface area contributed by atoms with Crippen molar-refractivity contribution in [3.05, 3.63) is 107 Å². The molecule has 0 aliphatic heterocycles. The first kappa shape index (κ1) is 26.1. The van der Waals surface area contributed by atoms with E-state index in [2.05, 4.69) is 5.32 Å². The molecule has 0 atom stereocenters. The molecule has 0 bridgehead atoms. The number of hydrogen-bond acceptors (Lipinski definition) is 2. The number of amides is 1. The van der Waals surface area contributed by atoms with Gasteiger partial charge in [0.15, 0.2) is 0 Å². The van der Waals surface area contributed by atoms with Crippen LogP contribution < -0.4 is 5.32 Å². The number of carbonyl (C=O) groups is 1. The first-order chi connectivity index (χ1) is 17.3. The standard InChI is InChI=1S/C27H16ClF6NO2/c28-17-9-10-24(36)21(14-17)25(37)35-18-12-15(19-5-1-3-7-22(19)26(29,30)31)11-16(13-18)20-6-2-4-8-23(20)27(32,33)34/h1-14,36H,(H,35,37). The predicted molar refractivity (Wildman–Crippen MR) is 128 cm³/mol. The lowest BCUT2D eigenvalue weighted by molar-refractivity contribution is -0.137. The van der Waals surface area contributed by atoms with E-state index < -0.39 is 35.1 Å². The maximum Gasteiger partial charge on any atom is 0.417 e. The molecule has 0 aliphatic carbocycles. The maximum absolute atomic E-state index is 13.7. The van der Waals surface area contributed by atoms with Gasteiger partial charge in [-0.2, -0.15) is 26.3 Å². The summed E-state index contributed by atoms with van der Waals surface area (Å²) in [5.74, 6) is -1.28. The summed E-state index contributed by atoms with van der Waals surface area (Å²) in [6.07, 6.45) is -9.49. The molecule has 4 aromatic carbocycles. The molecule has 4 aromatic rings. The highest BCUT2D eigenvalue weighted by atomic mass is 35.5. The van der Waals surface area contributed by atoms with Crippen LogP contribution in [-0.4, -0.2) is 11.0 Å². The van der Waals surface area contributed by atoms with Gasteiger partial charge in [0.2, 0.25) is 0 Å². The van der Waals surface area contributed by atoms with Gasteiger partial charge in [0.05, 0.1) is 16.7 Å². The van der Waals surface area contributed by atoms with Gasteiger partial charge in [-0.1, -0.05) is 48.0 Å². The Labute approximate surface area is 211 Å². The van der Waals surface area contributed by atoms with Crippen molar-refractivity contribution >= 4 is 23.2 Å². The Balaban J connectivity index is 1.92. The van der Waals surface area contributed by atoms with Crippen molar-refractivity contribution in [2.24, 2.45) is 0 Å². The lowest BCUT2D eigenvalue weighted by Crippen LogP contribution is -2.13. The fourth-order valence-electron chi connectivity index (χ4n) is 3.86. The van der Waals surface area contributed by atoms with Crippen molar-refractivity contribution in [1.29, 1.82) is 0 Å². The summed E-state index contributed by atoms with van der Waals surface area (Å²) in [6.45, 7) is 0. The zero-order chi connectivity index (χ0) is 27.0. The fourth-order valence-corrected chi connectivity index (χ4v) is 4.04. The number of phenols is 1. The lowest BCUT2D eigenvalue weighted by atomic mass is 9.93. The Hall–Kier alpha value is -3.98. The molecule has 3 nitrogen and oxygen atoms in total. The third kappa shape index (κ3) is 5.72. The zero-order valence-corrected chi connectivity index (χ0v) is 19.3. The van der Waals surface area contributed by atoms with Gasteiger partial charge in [-0.3, -0.25) is 4.79 Å². The van der Waals surface area contributed by atoms with E-state index in [1.165, 1.54) is 72.8 Å². The molecule has 190 valence electrons. The smallest absolute Gasteiger partial charge is 0.417 e. The van der Waals surface area contributed by atoms with Crippen LogP contribution in [0.15, 0.2) is 84.9 Å². The molecule has 0 unspecified atom stereocenters. The van der Waals surface area contributed by atoms with E-state index in [4.69, 9.17) is 11.6 Å². The molecule has 0 spiro atoms. The molecule has 0 saturated heterocycles. The number of phenolic OH excluding ortho intramolecular Hbond substituents is 1. The largest absolute Gasteiger partial charge is 0.507 e. The average Bonchev–Trinajstić information content (AvgIpc) is 2.84. The molecule has 2 N–H and O–H groups in total. The summed E-state index contributed by atoms with van der Waals surface area (Å²) >= 11 is 5.89. The number of anilines is 1. The predicted octanol–water partition coefficient (Wildman–Crippen LogP) is 8.67. The SMILES string of the molecule is O=C(Nc1cc(-c2ccccc2C(F)(F)F)cc(-c2ccccc2C(F)(F)F)c1)c1cc(Cl)ccc1O. The van der Waals surface area contributed by atoms with Gasteiger partial charge in [0.1, 0.15) is 5.75 Å². The van der Waals surface area contributed by atoms with Crippen LogP contribution in [0, 0.1) is 0 Å². The van der Waals surface area contributed by atoms with Crippen LogP contribution in [0.4, 0.5) is 32.0 Å². The lowest BCUT2D eigenvalue weighted by Gasteiger charge is -2.18. The quantitative estimate of drug-likeness (QED) is 0.257. The fraction of sp³-hybridized carbons (Fsp3) is 0.0741. The van der Waals surface area contributed by atoms with E-state index in [1.807, 2.05) is 0 Å². The third-order valence-electron chi connectivity index (χ3n) is 5.48. The second kappa shape index (κ2) is 9.82. The van der Waals surface area contributed by atoms with Crippen LogP contribution in [0.5, 0.6) is 5.75 Å². The summed E-state index contributed by atoms with van der Waals surface area (Å²) in [7, 11) is 0. The summed E-state index contributed by atoms with van der Waals surface area (Å²) in [4.78, 5) is 12.8. The van der Waals surface area contributed by atoms with Crippen LogP contribution in [-0.2, 0) is 12.4 Å². The van der Waals surface area contributed by atoms with Crippen LogP contribution in [0.2, 0.25) is 5.02 Å². The van der Waals surface area contributed by atoms with Gasteiger partial charge >= 0.3 is 12.4 Å². The van der Waals surface area contributed by atoms with Crippen LogP contribution in [0.25, 0.3) is 22.3 Å². The Morgan fingerprint density at radius 1 is 0.703 bits per heavy atom. The van der Waals surface area contributed by atoms with Crippen molar-refractivity contribution in [2.45, 2.75) is 12.4 Å². The topological polar surface area (TPSA) is 49.3 Å². The second-order valence-corrected chi connectivity index (χ2v) is 8.44. The van der Waals surface area contributed by atoms with Crippen LogP contribution >= 0.6 is 11.6 Å². The monoisotopic (exact) mass is 535 g/mol. The van der Waals surface area contributed by atoms with Crippen LogP contribution in [0.3, 0.4) is 0 Å². The van der Waals surface area contributed by atoms with Crippen molar-refractivity contribution in [3.8, 4) is 28.0 Å². The van der Waals surface area contributed by atoms with E-state index in [0.717, 1.165) is 12.1 Å². The highest BCUT2D eigenvalue weighted by molar-refractivity contribution is 6.31. The molecular formula is C27H16ClF6NO2. The number of nitrogens with one attached hydrogen (secondary N) is 1. The number of benzene rings is 4. The summed E-state index contributed by atoms with van der Waals surface area (Å²) in [5, 5.41) is 12.6. The minimum Gasteiger partial charge on any atom is -0.507 e. The number of aromatic hydroxyl groups is 1. The summed E-state index contributed by atoms with van der Waals surface area (Å²) in [6, 6.07) is 16.5. The number of rotatable bonds is 4. The number of hydrogen-bond donors (Lipinski definition) is 2. The molecule has 0 heterocycles. The number of alkyl halides is 6. The average molecular weight is 536 g/mol. The molecule has 0 saturated carbocycles. The van der Waals surface area contributed by atoms with Crippen molar-refractivity contribution in [2.75, 3.05) is 5.32 Å². The Kier molecular flexibility index (Phi) is 6.92. The number of carbonyl (C=O) groups excluding carboxylic acids is 1. The molecule has 37 heavy (non-hydrogen) atoms. The first-order valence-electron chi connectivity index (χ1n) is 10.6. The molecule has 1 amide bonds. The van der Waals surface area contributed by atoms with E-state index in [9.17, 15) is 36.2 Å². The maximum atomic E-state index is 13.7. The van der Waals surface area contributed by atoms with E-state index in [0.29, 0.717) is 0 Å². The van der Waals surface area contributed by atoms with E-state index >= 15 is 0 Å². The molecule has 0 aromatic heterocycles. The van der Waals surface area contributed by atoms with Crippen LogP contribution in [0.1, 0.15) is 21.5 Å². The Morgan fingerprint density at radius 3 is 1.68 bits per heavy atom. The van der Waals surface area contributed by atoms with Crippen molar-refractivity contribution in [3.63, 3.8) is 0 Å². The van der Waals surface area contributed by atoms with Gasteiger partial charge in [0, 0.05) is 10.7 Å². The molecule has 4 rings (SSSR count). The highest BCUT2D eigenvalue weighted by Gasteiger charge is 2.35. The van der Waals surface area contributed by atoms with Gasteiger partial charge < -0.3 is 10.4 Å². The second-order valence-electron chi connectivity index (χ2n) is 8.00. The minimum atomic E-state index is -4.74. The van der Waals surface area contributed by atoms with Crippen molar-refractivity contribution < 1.29 is 36.2 Å².